The molecular weight excluding hydrogens is 224 g/mol. The molecule has 0 aromatic rings. The monoisotopic (exact) mass is 240 g/mol. The van der Waals surface area contributed by atoms with E-state index in [4.69, 9.17) is 0 Å². The van der Waals surface area contributed by atoms with Crippen molar-refractivity contribution in [3.8, 4) is 0 Å². The number of Topliss-reactive ketones (excluding diaryl/α,β-unsaturated/α-hetero) is 1. The molecule has 0 aliphatic heterocycles. The first-order valence-corrected chi connectivity index (χ1v) is 5.28. The maximum atomic E-state index is 11.8. The summed E-state index contributed by atoms with van der Waals surface area (Å²) in [5.41, 5.74) is -1.39. The molecular formula is C12H16O5. The molecule has 17 heavy (non-hydrogen) atoms. The number of hydrogen-bond donors (Lipinski definition) is 0. The number of ether oxygens (including phenoxy) is 2. The van der Waals surface area contributed by atoms with Crippen molar-refractivity contribution >= 4 is 17.7 Å². The van der Waals surface area contributed by atoms with E-state index in [1.807, 2.05) is 0 Å². The summed E-state index contributed by atoms with van der Waals surface area (Å²) in [6.45, 7) is 3.05. The molecule has 0 aromatic heterocycles. The molecule has 1 unspecified atom stereocenters. The van der Waals surface area contributed by atoms with Gasteiger partial charge < -0.3 is 9.47 Å². The van der Waals surface area contributed by atoms with Gasteiger partial charge in [-0.05, 0) is 13.8 Å². The van der Waals surface area contributed by atoms with Crippen molar-refractivity contribution in [2.45, 2.75) is 13.8 Å². The summed E-state index contributed by atoms with van der Waals surface area (Å²) in [4.78, 5) is 35.1. The first-order valence-electron chi connectivity index (χ1n) is 5.28. The zero-order valence-corrected chi connectivity index (χ0v) is 10.4. The van der Waals surface area contributed by atoms with Crippen LogP contribution in [-0.4, -0.2) is 31.9 Å². The summed E-state index contributed by atoms with van der Waals surface area (Å²) in [5.74, 6) is -2.85. The van der Waals surface area contributed by atoms with Crippen LogP contribution in [0.15, 0.2) is 12.2 Å². The molecule has 1 aliphatic rings. The second-order valence-electron chi connectivity index (χ2n) is 3.97. The van der Waals surface area contributed by atoms with E-state index < -0.39 is 29.2 Å². The van der Waals surface area contributed by atoms with Crippen LogP contribution in [0.4, 0.5) is 0 Å². The predicted molar refractivity (Wildman–Crippen MR) is 58.9 cm³/mol. The Morgan fingerprint density at radius 1 is 1.18 bits per heavy atom. The van der Waals surface area contributed by atoms with Gasteiger partial charge in [0.1, 0.15) is 11.2 Å². The second-order valence-corrected chi connectivity index (χ2v) is 3.97. The van der Waals surface area contributed by atoms with E-state index in [1.165, 1.54) is 21.1 Å². The molecule has 94 valence electrons. The van der Waals surface area contributed by atoms with Crippen molar-refractivity contribution in [3.63, 3.8) is 0 Å². The van der Waals surface area contributed by atoms with Gasteiger partial charge in [0.2, 0.25) is 0 Å². The Labute approximate surface area is 99.8 Å². The number of hydrogen-bond acceptors (Lipinski definition) is 5. The normalized spacial score (nSPS) is 31.1. The van der Waals surface area contributed by atoms with Gasteiger partial charge in [0.05, 0.1) is 20.1 Å². The summed E-state index contributed by atoms with van der Waals surface area (Å²) in [6, 6.07) is 0. The van der Waals surface area contributed by atoms with Crippen molar-refractivity contribution in [3.05, 3.63) is 12.2 Å². The van der Waals surface area contributed by atoms with Gasteiger partial charge in [-0.1, -0.05) is 12.2 Å². The van der Waals surface area contributed by atoms with Crippen LogP contribution in [0.2, 0.25) is 0 Å². The lowest BCUT2D eigenvalue weighted by molar-refractivity contribution is -0.156. The van der Waals surface area contributed by atoms with E-state index in [9.17, 15) is 14.4 Å². The van der Waals surface area contributed by atoms with E-state index in [2.05, 4.69) is 9.47 Å². The highest BCUT2D eigenvalue weighted by atomic mass is 16.5. The largest absolute Gasteiger partial charge is 0.469 e. The predicted octanol–water partition coefficient (Wildman–Crippen LogP) is 0.730. The van der Waals surface area contributed by atoms with E-state index in [-0.39, 0.29) is 5.78 Å². The highest BCUT2D eigenvalue weighted by Crippen LogP contribution is 2.61. The topological polar surface area (TPSA) is 69.7 Å². The number of rotatable bonds is 4. The van der Waals surface area contributed by atoms with Gasteiger partial charge in [-0.25, -0.2) is 0 Å². The molecule has 5 heteroatoms. The van der Waals surface area contributed by atoms with Crippen LogP contribution in [0.1, 0.15) is 13.8 Å². The van der Waals surface area contributed by atoms with Crippen LogP contribution in [-0.2, 0) is 23.9 Å². The summed E-state index contributed by atoms with van der Waals surface area (Å²) >= 11 is 0. The smallest absolute Gasteiger partial charge is 0.320 e. The molecule has 1 aliphatic carbocycles. The van der Waals surface area contributed by atoms with Crippen LogP contribution < -0.4 is 0 Å². The molecule has 0 amide bonds. The van der Waals surface area contributed by atoms with E-state index >= 15 is 0 Å². The highest BCUT2D eigenvalue weighted by molar-refractivity contribution is 6.12. The van der Waals surface area contributed by atoms with Crippen LogP contribution in [0, 0.1) is 17.3 Å². The third-order valence-corrected chi connectivity index (χ3v) is 3.23. The Bertz CT molecular complexity index is 384. The molecule has 0 heterocycles. The maximum absolute atomic E-state index is 11.8. The summed E-state index contributed by atoms with van der Waals surface area (Å²) in [5, 5.41) is 0. The molecule has 0 saturated heterocycles. The number of carbonyl (C=O) groups excluding carboxylic acids is 3. The zero-order chi connectivity index (χ0) is 13.2. The van der Waals surface area contributed by atoms with Crippen molar-refractivity contribution in [1.29, 1.82) is 0 Å². The molecule has 0 N–H and O–H groups in total. The van der Waals surface area contributed by atoms with Crippen LogP contribution in [0.25, 0.3) is 0 Å². The van der Waals surface area contributed by atoms with E-state index in [0.717, 1.165) is 0 Å². The fourth-order valence-electron chi connectivity index (χ4n) is 2.37. The third kappa shape index (κ3) is 1.75. The Morgan fingerprint density at radius 3 is 2.12 bits per heavy atom. The van der Waals surface area contributed by atoms with Gasteiger partial charge in [-0.3, -0.25) is 14.4 Å². The Morgan fingerprint density at radius 2 is 1.76 bits per heavy atom. The molecule has 0 radical (unpaired) electrons. The molecule has 0 aromatic carbocycles. The second kappa shape index (κ2) is 4.69. The average molecular weight is 240 g/mol. The minimum Gasteiger partial charge on any atom is -0.469 e. The Kier molecular flexibility index (Phi) is 3.70. The first kappa shape index (κ1) is 13.4. The standard InChI is InChI=1S/C12H16O5/c1-5-6-8-9(10(14)16-3)12(8,7(2)13)11(15)17-4/h5-6,8-9H,1-4H3/b6-5-/t8-,9+,12?/m1/s1. The number of carbonyl (C=O) groups is 3. The lowest BCUT2D eigenvalue weighted by Gasteiger charge is -2.10. The molecule has 1 saturated carbocycles. The van der Waals surface area contributed by atoms with Gasteiger partial charge >= 0.3 is 11.9 Å². The lowest BCUT2D eigenvalue weighted by Crippen LogP contribution is -2.30. The minimum atomic E-state index is -1.39. The fraction of sp³-hybridized carbons (Fsp3) is 0.583. The van der Waals surface area contributed by atoms with Crippen molar-refractivity contribution < 1.29 is 23.9 Å². The van der Waals surface area contributed by atoms with Gasteiger partial charge in [-0.2, -0.15) is 0 Å². The summed E-state index contributed by atoms with van der Waals surface area (Å²) in [6.07, 6.45) is 3.37. The molecule has 1 rings (SSSR count). The zero-order valence-electron chi connectivity index (χ0n) is 10.4. The van der Waals surface area contributed by atoms with Gasteiger partial charge in [-0.15, -0.1) is 0 Å². The van der Waals surface area contributed by atoms with E-state index in [1.54, 1.807) is 19.1 Å². The van der Waals surface area contributed by atoms with Gasteiger partial charge in [0.15, 0.2) is 0 Å². The summed E-state index contributed by atoms with van der Waals surface area (Å²) in [7, 11) is 2.43. The lowest BCUT2D eigenvalue weighted by atomic mass is 9.97. The van der Waals surface area contributed by atoms with Crippen molar-refractivity contribution in [1.82, 2.24) is 0 Å². The first-order chi connectivity index (χ1) is 7.98. The van der Waals surface area contributed by atoms with Gasteiger partial charge in [0, 0.05) is 5.92 Å². The summed E-state index contributed by atoms with van der Waals surface area (Å²) < 4.78 is 9.26. The molecule has 0 bridgehead atoms. The molecule has 5 nitrogen and oxygen atoms in total. The minimum absolute atomic E-state index is 0.372. The number of ketones is 1. The third-order valence-electron chi connectivity index (χ3n) is 3.23. The van der Waals surface area contributed by atoms with Crippen LogP contribution in [0.3, 0.4) is 0 Å². The van der Waals surface area contributed by atoms with E-state index in [0.29, 0.717) is 0 Å². The SMILES string of the molecule is C/C=C\[C@@H]1[C@@H](C(=O)OC)C1(C(C)=O)C(=O)OC. The van der Waals surface area contributed by atoms with Crippen molar-refractivity contribution in [2.75, 3.05) is 14.2 Å². The number of allylic oxidation sites excluding steroid dienone is 2. The molecule has 1 fully saturated rings. The Balaban J connectivity index is 3.17. The average Bonchev–Trinajstić information content (AvgIpc) is 2.97. The molecule has 0 spiro atoms. The van der Waals surface area contributed by atoms with Crippen molar-refractivity contribution in [2.24, 2.45) is 17.3 Å². The molecule has 3 atom stereocenters. The van der Waals surface area contributed by atoms with Gasteiger partial charge in [0.25, 0.3) is 0 Å². The quantitative estimate of drug-likeness (QED) is 0.411. The number of esters is 2. The van der Waals surface area contributed by atoms with Crippen LogP contribution >= 0.6 is 0 Å². The maximum Gasteiger partial charge on any atom is 0.320 e. The Hall–Kier alpha value is -1.65. The highest BCUT2D eigenvalue weighted by Gasteiger charge is 2.76. The fourth-order valence-corrected chi connectivity index (χ4v) is 2.37. The van der Waals surface area contributed by atoms with Crippen LogP contribution in [0.5, 0.6) is 0 Å². The number of methoxy groups -OCH3 is 2.